The molecule has 1 atom stereocenters. The fraction of sp³-hybridized carbons (Fsp3) is 0.378. The van der Waals surface area contributed by atoms with Gasteiger partial charge in [-0.3, -0.25) is 19.2 Å². The highest BCUT2D eigenvalue weighted by molar-refractivity contribution is 5.98. The Morgan fingerprint density at radius 2 is 1.48 bits per heavy atom. The highest BCUT2D eigenvalue weighted by Gasteiger charge is 2.28. The molecular formula is C45H51N5O6. The second-order valence-electron chi connectivity index (χ2n) is 14.9. The number of carbonyl (C=O) groups excluding carboxylic acids is 3. The standard InChI is InChI=1S/C45H51N5O6/c1-3-30-4-10-33(11-5-30)34-14-16-35(17-15-34)38-25-47-44(48-26-38)36-12-6-32(7-13-36)28-50(29-42(52)46-27-43(53)54)45(55)37-18-20-39(21-19-37)49-41(51)24-31-8-22-40(56-2)23-9-31/h6-9,12-13,16,18-23,25-26,30,33-34H,3-5,10-11,14-15,17,24,27-29H2,1-2H3,(H,46,52)(H,49,51)(H,53,54). The number of nitrogens with zero attached hydrogens (tertiary/aromatic N) is 3. The molecule has 0 spiro atoms. The van der Waals surface area contributed by atoms with Gasteiger partial charge < -0.3 is 25.4 Å². The number of allylic oxidation sites excluding steroid dienone is 2. The summed E-state index contributed by atoms with van der Waals surface area (Å²) in [5.41, 5.74) is 5.62. The molecular weight excluding hydrogens is 707 g/mol. The number of amides is 3. The van der Waals surface area contributed by atoms with E-state index in [0.29, 0.717) is 22.8 Å². The van der Waals surface area contributed by atoms with Crippen molar-refractivity contribution in [3.05, 3.63) is 114 Å². The minimum absolute atomic E-state index is 0.0922. The molecule has 0 bridgehead atoms. The number of ether oxygens (including phenoxy) is 1. The summed E-state index contributed by atoms with van der Waals surface area (Å²) >= 11 is 0. The molecule has 56 heavy (non-hydrogen) atoms. The quantitative estimate of drug-likeness (QED) is 0.112. The van der Waals surface area contributed by atoms with Gasteiger partial charge in [-0.05, 0) is 103 Å². The number of hydrogen-bond acceptors (Lipinski definition) is 7. The van der Waals surface area contributed by atoms with Crippen molar-refractivity contribution in [2.75, 3.05) is 25.5 Å². The average Bonchev–Trinajstić information content (AvgIpc) is 3.23. The van der Waals surface area contributed by atoms with Crippen molar-refractivity contribution >= 4 is 35.0 Å². The molecule has 1 saturated carbocycles. The molecule has 1 heterocycles. The summed E-state index contributed by atoms with van der Waals surface area (Å²) in [5, 5.41) is 14.2. The Balaban J connectivity index is 1.07. The minimum Gasteiger partial charge on any atom is -0.497 e. The summed E-state index contributed by atoms with van der Waals surface area (Å²) in [4.78, 5) is 60.9. The fourth-order valence-corrected chi connectivity index (χ4v) is 7.85. The Morgan fingerprint density at radius 1 is 0.804 bits per heavy atom. The van der Waals surface area contributed by atoms with Crippen molar-refractivity contribution in [1.82, 2.24) is 20.2 Å². The molecule has 0 saturated heterocycles. The lowest BCUT2D eigenvalue weighted by molar-refractivity contribution is -0.138. The Bertz CT molecular complexity index is 1990. The van der Waals surface area contributed by atoms with Crippen LogP contribution >= 0.6 is 0 Å². The molecule has 2 aliphatic carbocycles. The molecule has 1 fully saturated rings. The Hall–Kier alpha value is -5.84. The highest BCUT2D eigenvalue weighted by atomic mass is 16.5. The third-order valence-electron chi connectivity index (χ3n) is 11.2. The molecule has 3 aromatic carbocycles. The third-order valence-corrected chi connectivity index (χ3v) is 11.2. The summed E-state index contributed by atoms with van der Waals surface area (Å²) in [6.45, 7) is 1.50. The van der Waals surface area contributed by atoms with Gasteiger partial charge in [0.2, 0.25) is 11.8 Å². The van der Waals surface area contributed by atoms with Gasteiger partial charge in [0, 0.05) is 41.3 Å². The normalized spacial score (nSPS) is 18.0. The zero-order valence-corrected chi connectivity index (χ0v) is 32.2. The van der Waals surface area contributed by atoms with Crippen molar-refractivity contribution in [1.29, 1.82) is 0 Å². The molecule has 2 aliphatic rings. The van der Waals surface area contributed by atoms with Gasteiger partial charge in [-0.1, -0.05) is 68.7 Å². The predicted octanol–water partition coefficient (Wildman–Crippen LogP) is 7.58. The maximum absolute atomic E-state index is 13.7. The summed E-state index contributed by atoms with van der Waals surface area (Å²) in [5.74, 6) is 1.44. The van der Waals surface area contributed by atoms with Crippen LogP contribution in [-0.2, 0) is 27.3 Å². The highest BCUT2D eigenvalue weighted by Crippen LogP contribution is 2.41. The summed E-state index contributed by atoms with van der Waals surface area (Å²) in [6.07, 6.45) is 16.6. The van der Waals surface area contributed by atoms with E-state index in [-0.39, 0.29) is 25.4 Å². The van der Waals surface area contributed by atoms with Gasteiger partial charge in [0.25, 0.3) is 5.91 Å². The zero-order valence-electron chi connectivity index (χ0n) is 32.2. The van der Waals surface area contributed by atoms with Gasteiger partial charge in [0.15, 0.2) is 5.82 Å². The van der Waals surface area contributed by atoms with E-state index in [1.807, 2.05) is 48.8 Å². The summed E-state index contributed by atoms with van der Waals surface area (Å²) < 4.78 is 5.17. The van der Waals surface area contributed by atoms with E-state index in [0.717, 1.165) is 52.8 Å². The molecule has 292 valence electrons. The number of rotatable bonds is 15. The van der Waals surface area contributed by atoms with Crippen LogP contribution in [0.2, 0.25) is 0 Å². The Labute approximate surface area is 328 Å². The third kappa shape index (κ3) is 10.9. The van der Waals surface area contributed by atoms with Gasteiger partial charge >= 0.3 is 5.97 Å². The number of aliphatic carboxylic acids is 1. The molecule has 0 radical (unpaired) electrons. The number of carboxylic acids is 1. The van der Waals surface area contributed by atoms with Crippen molar-refractivity contribution in [3.8, 4) is 17.1 Å². The molecule has 1 unspecified atom stereocenters. The smallest absolute Gasteiger partial charge is 0.322 e. The molecule has 4 aromatic rings. The first-order valence-electron chi connectivity index (χ1n) is 19.6. The molecule has 3 amide bonds. The lowest BCUT2D eigenvalue weighted by Gasteiger charge is -2.35. The van der Waals surface area contributed by atoms with Gasteiger partial charge in [-0.2, -0.15) is 0 Å². The number of carboxylic acid groups (broad SMARTS) is 1. The van der Waals surface area contributed by atoms with Gasteiger partial charge in [-0.25, -0.2) is 9.97 Å². The van der Waals surface area contributed by atoms with Crippen molar-refractivity contribution in [2.45, 2.75) is 71.3 Å². The number of methoxy groups -OCH3 is 1. The van der Waals surface area contributed by atoms with Gasteiger partial charge in [0.1, 0.15) is 18.8 Å². The maximum atomic E-state index is 13.7. The van der Waals surface area contributed by atoms with E-state index in [1.165, 1.54) is 49.0 Å². The minimum atomic E-state index is -1.18. The summed E-state index contributed by atoms with van der Waals surface area (Å²) in [6, 6.07) is 21.1. The van der Waals surface area contributed by atoms with Crippen LogP contribution in [0, 0.1) is 17.8 Å². The van der Waals surface area contributed by atoms with Gasteiger partial charge in [-0.15, -0.1) is 0 Å². The van der Waals surface area contributed by atoms with E-state index in [2.05, 4.69) is 33.6 Å². The molecule has 11 heteroatoms. The summed E-state index contributed by atoms with van der Waals surface area (Å²) in [7, 11) is 1.58. The monoisotopic (exact) mass is 757 g/mol. The second kappa shape index (κ2) is 19.2. The van der Waals surface area contributed by atoms with Crippen LogP contribution < -0.4 is 15.4 Å². The van der Waals surface area contributed by atoms with E-state index in [4.69, 9.17) is 9.84 Å². The van der Waals surface area contributed by atoms with Crippen LogP contribution in [0.5, 0.6) is 5.75 Å². The van der Waals surface area contributed by atoms with Crippen molar-refractivity contribution in [2.24, 2.45) is 17.8 Å². The van der Waals surface area contributed by atoms with Gasteiger partial charge in [0.05, 0.1) is 13.5 Å². The van der Waals surface area contributed by atoms with Crippen molar-refractivity contribution in [3.63, 3.8) is 0 Å². The zero-order chi connectivity index (χ0) is 39.4. The van der Waals surface area contributed by atoms with E-state index in [1.54, 1.807) is 43.5 Å². The molecule has 0 aliphatic heterocycles. The Morgan fingerprint density at radius 3 is 2.09 bits per heavy atom. The second-order valence-corrected chi connectivity index (χ2v) is 14.9. The predicted molar refractivity (Wildman–Crippen MR) is 216 cm³/mol. The van der Waals surface area contributed by atoms with E-state index in [9.17, 15) is 19.2 Å². The molecule has 1 aromatic heterocycles. The average molecular weight is 758 g/mol. The van der Waals surface area contributed by atoms with Crippen LogP contribution in [-0.4, -0.2) is 63.9 Å². The molecule has 3 N–H and O–H groups in total. The number of aromatic nitrogens is 2. The largest absolute Gasteiger partial charge is 0.497 e. The number of benzene rings is 3. The first kappa shape index (κ1) is 39.8. The maximum Gasteiger partial charge on any atom is 0.322 e. The number of carbonyl (C=O) groups is 4. The van der Waals surface area contributed by atoms with E-state index >= 15 is 0 Å². The molecule has 6 rings (SSSR count). The van der Waals surface area contributed by atoms with E-state index < -0.39 is 24.3 Å². The van der Waals surface area contributed by atoms with Crippen molar-refractivity contribution < 1.29 is 29.0 Å². The van der Waals surface area contributed by atoms with Crippen LogP contribution in [0.3, 0.4) is 0 Å². The number of hydrogen-bond donors (Lipinski definition) is 3. The lowest BCUT2D eigenvalue weighted by atomic mass is 9.71. The first-order chi connectivity index (χ1) is 27.2. The number of anilines is 1. The Kier molecular flexibility index (Phi) is 13.6. The van der Waals surface area contributed by atoms with Crippen LogP contribution in [0.15, 0.2) is 91.3 Å². The lowest BCUT2D eigenvalue weighted by Crippen LogP contribution is -2.41. The SMILES string of the molecule is CCC1CCC(C2CC=C(c3cnc(-c4ccc(CN(CC(=O)NCC(=O)O)C(=O)c5ccc(NC(=O)Cc6ccc(OC)cc6)cc5)cc4)nc3)CC2)CC1. The van der Waals surface area contributed by atoms with Crippen LogP contribution in [0.4, 0.5) is 5.69 Å². The molecule has 11 nitrogen and oxygen atoms in total. The topological polar surface area (TPSA) is 151 Å². The van der Waals surface area contributed by atoms with Crippen LogP contribution in [0.1, 0.15) is 85.3 Å². The fourth-order valence-electron chi connectivity index (χ4n) is 7.85. The van der Waals surface area contributed by atoms with Crippen LogP contribution in [0.25, 0.3) is 17.0 Å². The number of nitrogens with one attached hydrogen (secondary N) is 2. The first-order valence-corrected chi connectivity index (χ1v) is 19.6.